The van der Waals surface area contributed by atoms with Gasteiger partial charge in [0.2, 0.25) is 0 Å². The fourth-order valence-corrected chi connectivity index (χ4v) is 0.646. The zero-order valence-electron chi connectivity index (χ0n) is 10.2. The molecular formula is C12H19F3O. The van der Waals surface area contributed by atoms with Crippen molar-refractivity contribution in [2.45, 2.75) is 34.1 Å². The van der Waals surface area contributed by atoms with Crippen LogP contribution in [0.3, 0.4) is 0 Å². The van der Waals surface area contributed by atoms with Gasteiger partial charge in [-0.05, 0) is 25.0 Å². The van der Waals surface area contributed by atoms with Gasteiger partial charge in [0.1, 0.15) is 0 Å². The first-order chi connectivity index (χ1) is 7.22. The lowest BCUT2D eigenvalue weighted by molar-refractivity contribution is -0.320. The van der Waals surface area contributed by atoms with Crippen LogP contribution in [-0.4, -0.2) is 13.0 Å². The molecular weight excluding hydrogens is 217 g/mol. The van der Waals surface area contributed by atoms with E-state index in [-0.39, 0.29) is 5.57 Å². The molecule has 0 fully saturated rings. The molecule has 0 aromatic rings. The molecule has 0 N–H and O–H groups in total. The summed E-state index contributed by atoms with van der Waals surface area (Å²) in [6.45, 7) is 14.1. The summed E-state index contributed by atoms with van der Waals surface area (Å²) < 4.78 is 38.4. The van der Waals surface area contributed by atoms with Crippen molar-refractivity contribution < 1.29 is 17.9 Å². The van der Waals surface area contributed by atoms with Crippen LogP contribution in [0.15, 0.2) is 36.0 Å². The number of alkyl halides is 3. The number of allylic oxidation sites excluding steroid dienone is 2. The molecule has 0 aliphatic heterocycles. The molecule has 0 aromatic carbocycles. The summed E-state index contributed by atoms with van der Waals surface area (Å²) in [5.41, 5.74) is 1.85. The second-order valence-electron chi connectivity index (χ2n) is 3.00. The van der Waals surface area contributed by atoms with Crippen LogP contribution in [0.4, 0.5) is 13.2 Å². The van der Waals surface area contributed by atoms with Gasteiger partial charge in [0, 0.05) is 0 Å². The highest BCUT2D eigenvalue weighted by atomic mass is 19.4. The predicted molar refractivity (Wildman–Crippen MR) is 61.1 cm³/mol. The molecule has 0 radical (unpaired) electrons. The molecule has 0 aliphatic carbocycles. The van der Waals surface area contributed by atoms with Crippen LogP contribution in [-0.2, 0) is 4.74 Å². The van der Waals surface area contributed by atoms with Crippen molar-refractivity contribution in [1.82, 2.24) is 0 Å². The lowest BCUT2D eigenvalue weighted by Crippen LogP contribution is -2.14. The van der Waals surface area contributed by atoms with Crippen molar-refractivity contribution >= 4 is 0 Å². The lowest BCUT2D eigenvalue weighted by atomic mass is 10.1. The van der Waals surface area contributed by atoms with Crippen LogP contribution in [0.2, 0.25) is 0 Å². The van der Waals surface area contributed by atoms with E-state index in [1.54, 1.807) is 13.8 Å². The van der Waals surface area contributed by atoms with Gasteiger partial charge in [-0.3, -0.25) is 4.74 Å². The SMILES string of the molecule is C=C(/C=C(\C)C(=C)C)COC(F)(F)F.CC. The van der Waals surface area contributed by atoms with E-state index < -0.39 is 13.0 Å². The molecule has 1 nitrogen and oxygen atoms in total. The molecule has 0 saturated carbocycles. The monoisotopic (exact) mass is 236 g/mol. The van der Waals surface area contributed by atoms with Gasteiger partial charge >= 0.3 is 6.36 Å². The Morgan fingerprint density at radius 3 is 1.94 bits per heavy atom. The molecule has 0 aliphatic rings. The summed E-state index contributed by atoms with van der Waals surface area (Å²) >= 11 is 0. The molecule has 0 saturated heterocycles. The Morgan fingerprint density at radius 2 is 1.62 bits per heavy atom. The fraction of sp³-hybridized carbons (Fsp3) is 0.500. The second-order valence-corrected chi connectivity index (χ2v) is 3.00. The highest BCUT2D eigenvalue weighted by molar-refractivity contribution is 5.31. The maximum Gasteiger partial charge on any atom is 0.522 e. The van der Waals surface area contributed by atoms with Gasteiger partial charge in [-0.2, -0.15) is 0 Å². The van der Waals surface area contributed by atoms with Gasteiger partial charge in [-0.1, -0.05) is 38.7 Å². The third-order valence-electron chi connectivity index (χ3n) is 1.52. The molecule has 0 rings (SSSR count). The molecule has 0 aromatic heterocycles. The van der Waals surface area contributed by atoms with Crippen molar-refractivity contribution in [3.05, 3.63) is 36.0 Å². The minimum atomic E-state index is -4.60. The number of hydrogen-bond donors (Lipinski definition) is 0. The maximum atomic E-state index is 11.6. The second kappa shape index (κ2) is 8.16. The number of rotatable bonds is 4. The van der Waals surface area contributed by atoms with Gasteiger partial charge < -0.3 is 0 Å². The van der Waals surface area contributed by atoms with E-state index in [4.69, 9.17) is 0 Å². The Labute approximate surface area is 95.3 Å². The molecule has 4 heteroatoms. The Balaban J connectivity index is 0. The summed E-state index contributed by atoms with van der Waals surface area (Å²) in [5, 5.41) is 0. The summed E-state index contributed by atoms with van der Waals surface area (Å²) in [5.74, 6) is 0. The molecule has 0 amide bonds. The number of hydrogen-bond acceptors (Lipinski definition) is 1. The fourth-order valence-electron chi connectivity index (χ4n) is 0.646. The Kier molecular flexibility index (Phi) is 8.86. The van der Waals surface area contributed by atoms with Crippen LogP contribution in [0.1, 0.15) is 27.7 Å². The van der Waals surface area contributed by atoms with E-state index in [1.807, 2.05) is 13.8 Å². The van der Waals surface area contributed by atoms with E-state index in [0.29, 0.717) is 0 Å². The molecule has 94 valence electrons. The third kappa shape index (κ3) is 11.0. The summed E-state index contributed by atoms with van der Waals surface area (Å²) in [6.07, 6.45) is -3.08. The Bertz CT molecular complexity index is 262. The predicted octanol–water partition coefficient (Wildman–Crippen LogP) is 4.63. The summed E-state index contributed by atoms with van der Waals surface area (Å²) in [6, 6.07) is 0. The van der Waals surface area contributed by atoms with Crippen LogP contribution < -0.4 is 0 Å². The molecule has 0 heterocycles. The van der Waals surface area contributed by atoms with Crippen LogP contribution in [0.5, 0.6) is 0 Å². The van der Waals surface area contributed by atoms with Crippen LogP contribution >= 0.6 is 0 Å². The van der Waals surface area contributed by atoms with Gasteiger partial charge in [-0.15, -0.1) is 13.2 Å². The number of ether oxygens (including phenoxy) is 1. The van der Waals surface area contributed by atoms with Crippen LogP contribution in [0, 0.1) is 0 Å². The molecule has 16 heavy (non-hydrogen) atoms. The molecule has 0 spiro atoms. The first-order valence-electron chi connectivity index (χ1n) is 4.95. The lowest BCUT2D eigenvalue weighted by Gasteiger charge is -2.07. The zero-order valence-corrected chi connectivity index (χ0v) is 10.2. The largest absolute Gasteiger partial charge is 0.522 e. The smallest absolute Gasteiger partial charge is 0.287 e. The van der Waals surface area contributed by atoms with Crippen LogP contribution in [0.25, 0.3) is 0 Å². The van der Waals surface area contributed by atoms with Gasteiger partial charge in [0.15, 0.2) is 0 Å². The van der Waals surface area contributed by atoms with Gasteiger partial charge in [0.25, 0.3) is 0 Å². The van der Waals surface area contributed by atoms with Crippen molar-refractivity contribution in [2.75, 3.05) is 6.61 Å². The summed E-state index contributed by atoms with van der Waals surface area (Å²) in [4.78, 5) is 0. The van der Waals surface area contributed by atoms with E-state index in [0.717, 1.165) is 11.1 Å². The van der Waals surface area contributed by atoms with Crippen molar-refractivity contribution in [3.8, 4) is 0 Å². The third-order valence-corrected chi connectivity index (χ3v) is 1.52. The first kappa shape index (κ1) is 17.4. The average molecular weight is 236 g/mol. The number of halogens is 3. The van der Waals surface area contributed by atoms with Gasteiger partial charge in [0.05, 0.1) is 6.61 Å². The van der Waals surface area contributed by atoms with E-state index in [1.165, 1.54) is 6.08 Å². The van der Waals surface area contributed by atoms with E-state index >= 15 is 0 Å². The van der Waals surface area contributed by atoms with Crippen molar-refractivity contribution in [2.24, 2.45) is 0 Å². The highest BCUT2D eigenvalue weighted by Gasteiger charge is 2.28. The van der Waals surface area contributed by atoms with E-state index in [2.05, 4.69) is 17.9 Å². The van der Waals surface area contributed by atoms with Crippen molar-refractivity contribution in [1.29, 1.82) is 0 Å². The highest BCUT2D eigenvalue weighted by Crippen LogP contribution is 2.18. The minimum Gasteiger partial charge on any atom is -0.287 e. The minimum absolute atomic E-state index is 0.267. The topological polar surface area (TPSA) is 9.23 Å². The standard InChI is InChI=1S/C10H13F3O.C2H6/c1-7(2)9(4)5-8(3)6-14-10(11,12)13;1-2/h5H,1,3,6H2,2,4H3;1-2H3/b9-5+;. The zero-order chi connectivity index (χ0) is 13.4. The Hall–Kier alpha value is -1.03. The quantitative estimate of drug-likeness (QED) is 0.647. The first-order valence-corrected chi connectivity index (χ1v) is 4.95. The normalized spacial score (nSPS) is 11.6. The van der Waals surface area contributed by atoms with E-state index in [9.17, 15) is 13.2 Å². The average Bonchev–Trinajstić information content (AvgIpc) is 2.16. The molecule has 0 unspecified atom stereocenters. The summed E-state index contributed by atoms with van der Waals surface area (Å²) in [7, 11) is 0. The van der Waals surface area contributed by atoms with Crippen molar-refractivity contribution in [3.63, 3.8) is 0 Å². The van der Waals surface area contributed by atoms with Gasteiger partial charge in [-0.25, -0.2) is 0 Å². The molecule has 0 atom stereocenters. The molecule has 0 bridgehead atoms. The maximum absolute atomic E-state index is 11.6. The Morgan fingerprint density at radius 1 is 1.19 bits per heavy atom.